The van der Waals surface area contributed by atoms with Crippen molar-refractivity contribution in [2.45, 2.75) is 51.9 Å². The molecule has 0 saturated heterocycles. The van der Waals surface area contributed by atoms with E-state index in [0.29, 0.717) is 5.41 Å². The smallest absolute Gasteiger partial charge is 0.0146 e. The van der Waals surface area contributed by atoms with Gasteiger partial charge in [0.25, 0.3) is 0 Å². The minimum Gasteiger partial charge on any atom is -0.103 e. The van der Waals surface area contributed by atoms with E-state index >= 15 is 0 Å². The summed E-state index contributed by atoms with van der Waals surface area (Å²) in [5.41, 5.74) is 0.673. The molecule has 1 fully saturated rings. The van der Waals surface area contributed by atoms with Gasteiger partial charge in [0, 0.05) is 12.8 Å². The fourth-order valence-corrected chi connectivity index (χ4v) is 2.82. The molecule has 0 heterocycles. The van der Waals surface area contributed by atoms with E-state index in [0.717, 1.165) is 12.3 Å². The number of hydrogen-bond donors (Lipinski definition) is 0. The Balaban J connectivity index is 2.01. The zero-order valence-electron chi connectivity index (χ0n) is 8.03. The van der Waals surface area contributed by atoms with Gasteiger partial charge in [-0.25, -0.2) is 0 Å². The van der Waals surface area contributed by atoms with Crippen LogP contribution in [0.15, 0.2) is 0 Å². The van der Waals surface area contributed by atoms with Crippen LogP contribution in [-0.4, -0.2) is 0 Å². The number of hydrogen-bond acceptors (Lipinski definition) is 0. The van der Waals surface area contributed by atoms with E-state index in [1.54, 1.807) is 0 Å². The summed E-state index contributed by atoms with van der Waals surface area (Å²) in [6, 6.07) is 0. The fourth-order valence-electron chi connectivity index (χ4n) is 2.82. The summed E-state index contributed by atoms with van der Waals surface area (Å²) < 4.78 is 0. The van der Waals surface area contributed by atoms with E-state index in [-0.39, 0.29) is 0 Å². The molecule has 0 bridgehead atoms. The summed E-state index contributed by atoms with van der Waals surface area (Å²) in [5, 5.41) is 0. The van der Waals surface area contributed by atoms with Gasteiger partial charge in [-0.05, 0) is 37.0 Å². The van der Waals surface area contributed by atoms with Crippen LogP contribution in [0.2, 0.25) is 0 Å². The first-order valence-electron chi connectivity index (χ1n) is 5.30. The van der Waals surface area contributed by atoms with Crippen LogP contribution in [0.25, 0.3) is 0 Å². The lowest BCUT2D eigenvalue weighted by molar-refractivity contribution is 0.264. The summed E-state index contributed by atoms with van der Waals surface area (Å²) in [6.07, 6.45) is 9.53. The molecule has 0 aromatic rings. The predicted octanol–water partition coefficient (Wildman–Crippen LogP) is 3.37. The molecule has 1 spiro atoms. The van der Waals surface area contributed by atoms with Gasteiger partial charge in [-0.1, -0.05) is 13.3 Å². The molecule has 2 rings (SSSR count). The molecule has 0 radical (unpaired) electrons. The molecule has 0 N–H and O–H groups in total. The van der Waals surface area contributed by atoms with Crippen molar-refractivity contribution in [3.63, 3.8) is 0 Å². The summed E-state index contributed by atoms with van der Waals surface area (Å²) in [6.45, 7) is 2.33. The third-order valence-corrected chi connectivity index (χ3v) is 3.75. The monoisotopic (exact) mass is 162 g/mol. The zero-order chi connectivity index (χ0) is 8.44. The number of rotatable bonds is 1. The fraction of sp³-hybridized carbons (Fsp3) is 0.833. The third kappa shape index (κ3) is 1.38. The van der Waals surface area contributed by atoms with Crippen LogP contribution >= 0.6 is 0 Å². The molecule has 2 atom stereocenters. The zero-order valence-corrected chi connectivity index (χ0v) is 8.03. The molecule has 0 aromatic heterocycles. The highest BCUT2D eigenvalue weighted by Crippen LogP contribution is 2.49. The van der Waals surface area contributed by atoms with E-state index in [1.807, 2.05) is 0 Å². The van der Waals surface area contributed by atoms with Gasteiger partial charge in [0.2, 0.25) is 0 Å². The highest BCUT2D eigenvalue weighted by Gasteiger charge is 2.37. The van der Waals surface area contributed by atoms with Gasteiger partial charge in [-0.3, -0.25) is 0 Å². The normalized spacial score (nSPS) is 39.6. The van der Waals surface area contributed by atoms with Gasteiger partial charge in [0.1, 0.15) is 0 Å². The van der Waals surface area contributed by atoms with Crippen molar-refractivity contribution < 1.29 is 0 Å². The highest BCUT2D eigenvalue weighted by molar-refractivity contribution is 5.10. The maximum absolute atomic E-state index is 3.31. The molecule has 12 heavy (non-hydrogen) atoms. The molecule has 0 heteroatoms. The van der Waals surface area contributed by atoms with Gasteiger partial charge in [-0.15, -0.1) is 11.8 Å². The minimum absolute atomic E-state index is 0.673. The Labute approximate surface area is 75.7 Å². The topological polar surface area (TPSA) is 0 Å². The van der Waals surface area contributed by atoms with Crippen molar-refractivity contribution in [1.82, 2.24) is 0 Å². The molecule has 2 aliphatic rings. The van der Waals surface area contributed by atoms with Crippen molar-refractivity contribution in [2.75, 3.05) is 0 Å². The Morgan fingerprint density at radius 1 is 1.33 bits per heavy atom. The molecule has 0 amide bonds. The van der Waals surface area contributed by atoms with Crippen LogP contribution in [0.1, 0.15) is 51.9 Å². The minimum atomic E-state index is 0.673. The van der Waals surface area contributed by atoms with Gasteiger partial charge in [0.05, 0.1) is 0 Å². The highest BCUT2D eigenvalue weighted by atomic mass is 14.4. The van der Waals surface area contributed by atoms with Gasteiger partial charge in [-0.2, -0.15) is 0 Å². The Morgan fingerprint density at radius 3 is 2.83 bits per heavy atom. The van der Waals surface area contributed by atoms with Crippen molar-refractivity contribution >= 4 is 0 Å². The summed E-state index contributed by atoms with van der Waals surface area (Å²) in [5.74, 6) is 7.55. The standard InChI is InChI=1S/C12H18/c1-2-11-6-9-12(10-11)7-4-3-5-8-12/h11H,2,4,6-10H2,1H3. The van der Waals surface area contributed by atoms with Gasteiger partial charge >= 0.3 is 0 Å². The van der Waals surface area contributed by atoms with E-state index in [2.05, 4.69) is 18.8 Å². The molecule has 2 aliphatic carbocycles. The van der Waals surface area contributed by atoms with E-state index in [1.165, 1.54) is 38.5 Å². The maximum Gasteiger partial charge on any atom is 0.0146 e. The van der Waals surface area contributed by atoms with E-state index in [9.17, 15) is 0 Å². The molecule has 0 aliphatic heterocycles. The molecule has 1 saturated carbocycles. The lowest BCUT2D eigenvalue weighted by Gasteiger charge is -2.28. The van der Waals surface area contributed by atoms with Crippen molar-refractivity contribution in [3.05, 3.63) is 0 Å². The predicted molar refractivity (Wildman–Crippen MR) is 51.7 cm³/mol. The van der Waals surface area contributed by atoms with E-state index < -0.39 is 0 Å². The lowest BCUT2D eigenvalue weighted by Crippen LogP contribution is -2.18. The van der Waals surface area contributed by atoms with Crippen molar-refractivity contribution in [3.8, 4) is 11.8 Å². The van der Waals surface area contributed by atoms with Crippen LogP contribution in [0.4, 0.5) is 0 Å². The van der Waals surface area contributed by atoms with Crippen LogP contribution in [0.5, 0.6) is 0 Å². The Hall–Kier alpha value is -0.440. The molecule has 66 valence electrons. The second kappa shape index (κ2) is 3.13. The second-order valence-electron chi connectivity index (χ2n) is 4.55. The average Bonchev–Trinajstić information content (AvgIpc) is 2.50. The van der Waals surface area contributed by atoms with Gasteiger partial charge < -0.3 is 0 Å². The molecule has 2 unspecified atom stereocenters. The maximum atomic E-state index is 3.31. The Bertz CT molecular complexity index is 218. The Morgan fingerprint density at radius 2 is 2.25 bits per heavy atom. The van der Waals surface area contributed by atoms with Crippen LogP contribution in [-0.2, 0) is 0 Å². The SMILES string of the molecule is CCC1CCC2(CC#CCC2)C1. The molecular weight excluding hydrogens is 144 g/mol. The largest absolute Gasteiger partial charge is 0.103 e. The molecule has 0 aromatic carbocycles. The molecule has 0 nitrogen and oxygen atoms in total. The van der Waals surface area contributed by atoms with Crippen LogP contribution in [0.3, 0.4) is 0 Å². The first-order valence-corrected chi connectivity index (χ1v) is 5.30. The van der Waals surface area contributed by atoms with E-state index in [4.69, 9.17) is 0 Å². The first-order chi connectivity index (χ1) is 5.85. The summed E-state index contributed by atoms with van der Waals surface area (Å²) >= 11 is 0. The molecular formula is C12H18. The third-order valence-electron chi connectivity index (χ3n) is 3.75. The van der Waals surface area contributed by atoms with Crippen LogP contribution in [0, 0.1) is 23.2 Å². The van der Waals surface area contributed by atoms with Crippen molar-refractivity contribution in [1.29, 1.82) is 0 Å². The van der Waals surface area contributed by atoms with Crippen LogP contribution < -0.4 is 0 Å². The quantitative estimate of drug-likeness (QED) is 0.518. The summed E-state index contributed by atoms with van der Waals surface area (Å²) in [4.78, 5) is 0. The summed E-state index contributed by atoms with van der Waals surface area (Å²) in [7, 11) is 0. The first kappa shape index (κ1) is 8.17. The second-order valence-corrected chi connectivity index (χ2v) is 4.55. The lowest BCUT2D eigenvalue weighted by atomic mass is 9.76. The van der Waals surface area contributed by atoms with Gasteiger partial charge in [0.15, 0.2) is 0 Å². The average molecular weight is 162 g/mol. The Kier molecular flexibility index (Phi) is 2.13. The van der Waals surface area contributed by atoms with Crippen molar-refractivity contribution in [2.24, 2.45) is 11.3 Å².